The lowest BCUT2D eigenvalue weighted by atomic mass is 10.1. The van der Waals surface area contributed by atoms with Crippen LogP contribution in [0.3, 0.4) is 0 Å². The zero-order valence-electron chi connectivity index (χ0n) is 19.9. The number of benzene rings is 2. The van der Waals surface area contributed by atoms with Crippen LogP contribution < -0.4 is 10.3 Å². The highest BCUT2D eigenvalue weighted by Gasteiger charge is 2.32. The van der Waals surface area contributed by atoms with Crippen LogP contribution in [0.2, 0.25) is 0 Å². The predicted octanol–water partition coefficient (Wildman–Crippen LogP) is 4.29. The Morgan fingerprint density at radius 3 is 2.16 bits per heavy atom. The minimum absolute atomic E-state index is 0.0849. The van der Waals surface area contributed by atoms with Crippen molar-refractivity contribution in [1.29, 1.82) is 0 Å². The van der Waals surface area contributed by atoms with Crippen LogP contribution in [-0.4, -0.2) is 42.5 Å². The molecule has 0 aliphatic carbocycles. The molecule has 202 valence electrons. The second-order valence-electron chi connectivity index (χ2n) is 8.48. The standard InChI is InChI=1S/C25H23F4N3O5S/c26-20-4-1-18(2-5-20)15-31-16-19(3-10-24(31)33)17-36-30-21-11-13-32(14-12-21)38(34,35)23-8-6-22(7-9-23)37-25(27,28)29/h1-10,16H,11-15,17H2. The fourth-order valence-electron chi connectivity index (χ4n) is 3.81. The van der Waals surface area contributed by atoms with E-state index in [0.717, 1.165) is 29.8 Å². The fourth-order valence-corrected chi connectivity index (χ4v) is 5.25. The summed E-state index contributed by atoms with van der Waals surface area (Å²) in [6.07, 6.45) is -2.60. The first kappa shape index (κ1) is 27.3. The zero-order chi connectivity index (χ0) is 27.3. The Kier molecular flexibility index (Phi) is 8.17. The summed E-state index contributed by atoms with van der Waals surface area (Å²) in [4.78, 5) is 17.5. The first-order valence-corrected chi connectivity index (χ1v) is 12.9. The highest BCUT2D eigenvalue weighted by molar-refractivity contribution is 7.89. The molecule has 2 aromatic carbocycles. The molecule has 0 saturated carbocycles. The van der Waals surface area contributed by atoms with E-state index in [4.69, 9.17) is 4.84 Å². The number of hydrogen-bond donors (Lipinski definition) is 0. The molecule has 1 saturated heterocycles. The molecule has 0 N–H and O–H groups in total. The Morgan fingerprint density at radius 1 is 0.895 bits per heavy atom. The number of pyridine rings is 1. The Hall–Kier alpha value is -3.71. The molecule has 2 heterocycles. The van der Waals surface area contributed by atoms with Crippen LogP contribution in [0.15, 0.2) is 81.7 Å². The number of sulfonamides is 1. The second-order valence-corrected chi connectivity index (χ2v) is 10.4. The van der Waals surface area contributed by atoms with Gasteiger partial charge in [-0.05, 0) is 48.0 Å². The van der Waals surface area contributed by atoms with Crippen molar-refractivity contribution in [3.05, 3.63) is 94.2 Å². The molecule has 1 aromatic heterocycles. The van der Waals surface area contributed by atoms with Crippen LogP contribution >= 0.6 is 0 Å². The average Bonchev–Trinajstić information content (AvgIpc) is 2.87. The first-order chi connectivity index (χ1) is 18.0. The molecule has 0 amide bonds. The van der Waals surface area contributed by atoms with Gasteiger partial charge in [0.2, 0.25) is 10.0 Å². The summed E-state index contributed by atoms with van der Waals surface area (Å²) in [6, 6.07) is 12.9. The van der Waals surface area contributed by atoms with Crippen molar-refractivity contribution in [1.82, 2.24) is 8.87 Å². The molecule has 0 unspecified atom stereocenters. The van der Waals surface area contributed by atoms with Gasteiger partial charge in [-0.2, -0.15) is 4.31 Å². The van der Waals surface area contributed by atoms with Crippen molar-refractivity contribution in [2.24, 2.45) is 5.16 Å². The van der Waals surface area contributed by atoms with Gasteiger partial charge in [-0.1, -0.05) is 17.3 Å². The van der Waals surface area contributed by atoms with Gasteiger partial charge in [-0.3, -0.25) is 4.79 Å². The number of rotatable bonds is 8. The van der Waals surface area contributed by atoms with Gasteiger partial charge in [-0.15, -0.1) is 13.2 Å². The van der Waals surface area contributed by atoms with Gasteiger partial charge >= 0.3 is 6.36 Å². The Morgan fingerprint density at radius 2 is 1.53 bits per heavy atom. The molecule has 13 heteroatoms. The lowest BCUT2D eigenvalue weighted by Gasteiger charge is -2.26. The quantitative estimate of drug-likeness (QED) is 0.307. The van der Waals surface area contributed by atoms with Crippen molar-refractivity contribution in [3.8, 4) is 5.75 Å². The van der Waals surface area contributed by atoms with Crippen LogP contribution in [0.25, 0.3) is 0 Å². The number of hydrogen-bond acceptors (Lipinski definition) is 6. The summed E-state index contributed by atoms with van der Waals surface area (Å²) in [5, 5.41) is 4.10. The van der Waals surface area contributed by atoms with Gasteiger partial charge in [0.25, 0.3) is 5.56 Å². The Labute approximate surface area is 215 Å². The molecule has 4 rings (SSSR count). The van der Waals surface area contributed by atoms with Crippen LogP contribution in [0.4, 0.5) is 17.6 Å². The minimum Gasteiger partial charge on any atom is -0.406 e. The number of halogens is 4. The number of alkyl halides is 3. The monoisotopic (exact) mass is 553 g/mol. The molecule has 0 spiro atoms. The highest BCUT2D eigenvalue weighted by Crippen LogP contribution is 2.26. The maximum Gasteiger partial charge on any atom is 0.573 e. The molecule has 1 aliphatic rings. The zero-order valence-corrected chi connectivity index (χ0v) is 20.7. The van der Waals surface area contributed by atoms with E-state index < -0.39 is 22.1 Å². The molecule has 38 heavy (non-hydrogen) atoms. The minimum atomic E-state index is -4.87. The van der Waals surface area contributed by atoms with Gasteiger partial charge in [-0.25, -0.2) is 12.8 Å². The summed E-state index contributed by atoms with van der Waals surface area (Å²) in [5.74, 6) is -0.869. The molecular weight excluding hydrogens is 530 g/mol. The van der Waals surface area contributed by atoms with Gasteiger partial charge in [0.1, 0.15) is 18.2 Å². The summed E-state index contributed by atoms with van der Waals surface area (Å²) in [7, 11) is -3.90. The smallest absolute Gasteiger partial charge is 0.406 e. The summed E-state index contributed by atoms with van der Waals surface area (Å²) < 4.78 is 82.2. The lowest BCUT2D eigenvalue weighted by molar-refractivity contribution is -0.274. The van der Waals surface area contributed by atoms with E-state index in [2.05, 4.69) is 9.89 Å². The van der Waals surface area contributed by atoms with E-state index >= 15 is 0 Å². The molecule has 1 aliphatic heterocycles. The molecule has 3 aromatic rings. The van der Waals surface area contributed by atoms with E-state index in [-0.39, 0.29) is 42.5 Å². The molecule has 0 bridgehead atoms. The SMILES string of the molecule is O=c1ccc(CON=C2CCN(S(=O)(=O)c3ccc(OC(F)(F)F)cc3)CC2)cn1Cc1ccc(F)cc1. The van der Waals surface area contributed by atoms with Crippen molar-refractivity contribution in [2.75, 3.05) is 13.1 Å². The van der Waals surface area contributed by atoms with E-state index in [1.165, 1.54) is 27.1 Å². The van der Waals surface area contributed by atoms with Crippen LogP contribution in [0, 0.1) is 5.82 Å². The predicted molar refractivity (Wildman–Crippen MR) is 130 cm³/mol. The van der Waals surface area contributed by atoms with Crippen molar-refractivity contribution < 1.29 is 35.6 Å². The average molecular weight is 554 g/mol. The highest BCUT2D eigenvalue weighted by atomic mass is 32.2. The summed E-state index contributed by atoms with van der Waals surface area (Å²) in [6.45, 7) is 0.618. The number of oxime groups is 1. The topological polar surface area (TPSA) is 90.2 Å². The maximum atomic E-state index is 13.1. The third-order valence-corrected chi connectivity index (χ3v) is 7.64. The van der Waals surface area contributed by atoms with E-state index in [9.17, 15) is 30.8 Å². The number of piperidine rings is 1. The molecular formula is C25H23F4N3O5S. The van der Waals surface area contributed by atoms with Crippen LogP contribution in [0.1, 0.15) is 24.0 Å². The summed E-state index contributed by atoms with van der Waals surface area (Å²) >= 11 is 0. The summed E-state index contributed by atoms with van der Waals surface area (Å²) in [5.41, 5.74) is 1.89. The van der Waals surface area contributed by atoms with Crippen molar-refractivity contribution >= 4 is 15.7 Å². The normalized spacial score (nSPS) is 14.8. The van der Waals surface area contributed by atoms with E-state index in [0.29, 0.717) is 24.1 Å². The van der Waals surface area contributed by atoms with Gasteiger partial charge in [0.05, 0.1) is 17.2 Å². The maximum absolute atomic E-state index is 13.1. The first-order valence-electron chi connectivity index (χ1n) is 11.5. The third-order valence-electron chi connectivity index (χ3n) is 5.73. The van der Waals surface area contributed by atoms with Crippen molar-refractivity contribution in [3.63, 3.8) is 0 Å². The lowest BCUT2D eigenvalue weighted by Crippen LogP contribution is -2.38. The molecule has 1 fully saturated rings. The van der Waals surface area contributed by atoms with Crippen molar-refractivity contribution in [2.45, 2.75) is 37.3 Å². The molecule has 0 radical (unpaired) electrons. The number of ether oxygens (including phenoxy) is 1. The number of aromatic nitrogens is 1. The van der Waals surface area contributed by atoms with E-state index in [1.54, 1.807) is 24.4 Å². The van der Waals surface area contributed by atoms with Gasteiger partial charge in [0, 0.05) is 43.8 Å². The Balaban J connectivity index is 1.31. The van der Waals surface area contributed by atoms with Gasteiger partial charge < -0.3 is 14.1 Å². The van der Waals surface area contributed by atoms with Gasteiger partial charge in [0.15, 0.2) is 0 Å². The third kappa shape index (κ3) is 7.19. The van der Waals surface area contributed by atoms with E-state index in [1.807, 2.05) is 0 Å². The molecule has 0 atom stereocenters. The van der Waals surface area contributed by atoms with Crippen LogP contribution in [0.5, 0.6) is 5.75 Å². The van der Waals surface area contributed by atoms with Crippen LogP contribution in [-0.2, 0) is 28.0 Å². The second kappa shape index (κ2) is 11.4. The molecule has 8 nitrogen and oxygen atoms in total. The Bertz CT molecular complexity index is 1440. The number of nitrogens with zero attached hydrogens (tertiary/aromatic N) is 3. The fraction of sp³-hybridized carbons (Fsp3) is 0.280. The largest absolute Gasteiger partial charge is 0.573 e.